The molecule has 1 fully saturated rings. The molecule has 5 aromatic rings. The van der Waals surface area contributed by atoms with Crippen LogP contribution >= 0.6 is 0 Å². The standard InChI is InChI=1S/C48H53N3O9/c1-59-43-23-28(22-42(57)46(43)58)6-13-39(54)45(40(55)14-9-29-10-15-41(56)47-36(29)5-3-21-60-47)48(18-16-38(53)37(48)27-33-4-2-19-49-33)32-17-20-50-44(26-32)51-34-11-7-31-25-35(52)12-8-30(31)24-34/h2,4,7-8,10-12,15,17,19,22-26,37-38,40,45,49-53,55-58H,3,5-6,9,13-14,16,18,20-21,27H2,1H3. The largest absolute Gasteiger partial charge is 0.508 e. The van der Waals surface area contributed by atoms with E-state index in [-0.39, 0.29) is 53.8 Å². The lowest BCUT2D eigenvalue weighted by Gasteiger charge is -2.46. The van der Waals surface area contributed by atoms with Gasteiger partial charge in [0, 0.05) is 47.4 Å². The van der Waals surface area contributed by atoms with Crippen LogP contribution in [0.15, 0.2) is 103 Å². The number of benzene rings is 4. The summed E-state index contributed by atoms with van der Waals surface area (Å²) in [5, 5.41) is 74.8. The number of H-pyrrole nitrogens is 1. The van der Waals surface area contributed by atoms with Gasteiger partial charge >= 0.3 is 0 Å². The molecule has 60 heavy (non-hydrogen) atoms. The number of aliphatic hydroxyl groups excluding tert-OH is 2. The highest BCUT2D eigenvalue weighted by Crippen LogP contribution is 2.58. The molecule has 12 heteroatoms. The molecule has 0 saturated heterocycles. The molecular weight excluding hydrogens is 763 g/mol. The number of nitrogens with one attached hydrogen (secondary N) is 3. The second-order valence-corrected chi connectivity index (χ2v) is 16.3. The molecule has 0 amide bonds. The lowest BCUT2D eigenvalue weighted by atomic mass is 9.58. The predicted molar refractivity (Wildman–Crippen MR) is 228 cm³/mol. The van der Waals surface area contributed by atoms with E-state index in [0.29, 0.717) is 56.0 Å². The minimum atomic E-state index is -1.14. The summed E-state index contributed by atoms with van der Waals surface area (Å²) in [4.78, 5) is 18.5. The van der Waals surface area contributed by atoms with E-state index in [9.17, 15) is 30.6 Å². The number of fused-ring (bicyclic) bond motifs is 2. The fraction of sp³-hybridized carbons (Fsp3) is 0.354. The number of ketones is 1. The lowest BCUT2D eigenvalue weighted by molar-refractivity contribution is -0.134. The number of aryl methyl sites for hydroxylation is 2. The highest BCUT2D eigenvalue weighted by molar-refractivity contribution is 5.87. The molecule has 0 spiro atoms. The first-order valence-electron chi connectivity index (χ1n) is 20.8. The summed E-state index contributed by atoms with van der Waals surface area (Å²) in [7, 11) is 1.39. The van der Waals surface area contributed by atoms with Crippen molar-refractivity contribution in [3.8, 4) is 34.5 Å². The Bertz CT molecular complexity index is 2430. The van der Waals surface area contributed by atoms with Gasteiger partial charge in [-0.3, -0.25) is 4.79 Å². The molecule has 1 aromatic heterocycles. The number of aromatic amines is 1. The van der Waals surface area contributed by atoms with Gasteiger partial charge < -0.3 is 55.7 Å². The third-order valence-electron chi connectivity index (χ3n) is 12.8. The molecule has 12 nitrogen and oxygen atoms in total. The molecule has 0 bridgehead atoms. The minimum absolute atomic E-state index is 0.0115. The van der Waals surface area contributed by atoms with E-state index >= 15 is 4.79 Å². The van der Waals surface area contributed by atoms with Crippen molar-refractivity contribution in [2.75, 3.05) is 25.6 Å². The Kier molecular flexibility index (Phi) is 11.7. The van der Waals surface area contributed by atoms with E-state index in [1.54, 1.807) is 24.3 Å². The van der Waals surface area contributed by atoms with Crippen molar-refractivity contribution in [3.63, 3.8) is 0 Å². The van der Waals surface area contributed by atoms with Crippen LogP contribution < -0.4 is 20.1 Å². The highest BCUT2D eigenvalue weighted by atomic mass is 16.5. The van der Waals surface area contributed by atoms with Crippen molar-refractivity contribution in [2.45, 2.75) is 70.0 Å². The zero-order valence-electron chi connectivity index (χ0n) is 33.7. The zero-order valence-corrected chi connectivity index (χ0v) is 33.7. The first-order valence-corrected chi connectivity index (χ1v) is 20.8. The second-order valence-electron chi connectivity index (χ2n) is 16.3. The van der Waals surface area contributed by atoms with E-state index in [1.165, 1.54) is 13.2 Å². The summed E-state index contributed by atoms with van der Waals surface area (Å²) in [5.74, 6) is -0.793. The van der Waals surface area contributed by atoms with Crippen LogP contribution in [0.5, 0.6) is 34.5 Å². The Labute approximate surface area is 348 Å². The average Bonchev–Trinajstić information content (AvgIpc) is 3.89. The number of anilines is 1. The van der Waals surface area contributed by atoms with E-state index in [4.69, 9.17) is 9.47 Å². The number of hydrogen-bond acceptors (Lipinski definition) is 11. The van der Waals surface area contributed by atoms with E-state index < -0.39 is 29.5 Å². The quantitative estimate of drug-likeness (QED) is 0.0498. The zero-order chi connectivity index (χ0) is 42.0. The van der Waals surface area contributed by atoms with Gasteiger partial charge in [0.25, 0.3) is 0 Å². The normalized spacial score (nSPS) is 20.9. The van der Waals surface area contributed by atoms with Gasteiger partial charge in [-0.2, -0.15) is 0 Å². The number of aromatic nitrogens is 1. The molecule has 2 aliphatic heterocycles. The maximum Gasteiger partial charge on any atom is 0.200 e. The van der Waals surface area contributed by atoms with Crippen molar-refractivity contribution in [2.24, 2.45) is 17.3 Å². The maximum atomic E-state index is 15.2. The molecule has 314 valence electrons. The first-order chi connectivity index (χ1) is 29.0. The van der Waals surface area contributed by atoms with Crippen LogP contribution in [0.25, 0.3) is 10.8 Å². The fourth-order valence-corrected chi connectivity index (χ4v) is 9.93. The van der Waals surface area contributed by atoms with Crippen molar-refractivity contribution in [1.29, 1.82) is 0 Å². The Morgan fingerprint density at radius 2 is 1.83 bits per heavy atom. The number of carbonyl (C=O) groups excluding carboxylic acids is 1. The van der Waals surface area contributed by atoms with Gasteiger partial charge in [0.05, 0.1) is 31.8 Å². The molecular formula is C48H53N3O9. The fourth-order valence-electron chi connectivity index (χ4n) is 9.93. The van der Waals surface area contributed by atoms with Crippen LogP contribution in [0.1, 0.15) is 54.5 Å². The van der Waals surface area contributed by atoms with Crippen LogP contribution in [-0.2, 0) is 30.5 Å². The maximum absolute atomic E-state index is 15.2. The third kappa shape index (κ3) is 8.09. The molecule has 8 rings (SSSR count). The van der Waals surface area contributed by atoms with Crippen LogP contribution in [0, 0.1) is 17.3 Å². The van der Waals surface area contributed by atoms with Gasteiger partial charge in [-0.15, -0.1) is 0 Å². The highest BCUT2D eigenvalue weighted by Gasteiger charge is 2.58. The van der Waals surface area contributed by atoms with Crippen LogP contribution in [0.3, 0.4) is 0 Å². The van der Waals surface area contributed by atoms with E-state index in [1.807, 2.05) is 54.7 Å². The Hall–Kier alpha value is -6.11. The van der Waals surface area contributed by atoms with Crippen LogP contribution in [0.4, 0.5) is 5.69 Å². The molecule has 5 atom stereocenters. The van der Waals surface area contributed by atoms with Gasteiger partial charge in [-0.05, 0) is 140 Å². The van der Waals surface area contributed by atoms with Crippen molar-refractivity contribution < 1.29 is 44.9 Å². The number of phenols is 4. The van der Waals surface area contributed by atoms with E-state index in [0.717, 1.165) is 51.7 Å². The monoisotopic (exact) mass is 815 g/mol. The number of aliphatic hydroxyl groups is 2. The molecule has 0 radical (unpaired) electrons. The van der Waals surface area contributed by atoms with Crippen LogP contribution in [-0.4, -0.2) is 73.9 Å². The Morgan fingerprint density at radius 1 is 1.00 bits per heavy atom. The number of rotatable bonds is 15. The SMILES string of the molecule is COc1cc(CCC(=O)C(C(O)CCc2ccc(O)c3c2CCCO3)C2(C3=CCNC(Nc4ccc5cc(O)ccc5c4)=C3)CCC(O)C2Cc2ccc[nH]2)cc(O)c1O. The van der Waals surface area contributed by atoms with Gasteiger partial charge in [-0.1, -0.05) is 24.3 Å². The second kappa shape index (κ2) is 17.2. The Morgan fingerprint density at radius 3 is 2.65 bits per heavy atom. The average molecular weight is 816 g/mol. The van der Waals surface area contributed by atoms with Gasteiger partial charge in [-0.25, -0.2) is 0 Å². The van der Waals surface area contributed by atoms with Gasteiger partial charge in [0.2, 0.25) is 5.75 Å². The van der Waals surface area contributed by atoms with Crippen molar-refractivity contribution in [3.05, 3.63) is 125 Å². The molecule has 5 unspecified atom stereocenters. The molecule has 4 aromatic carbocycles. The number of carbonyl (C=O) groups is 1. The smallest absolute Gasteiger partial charge is 0.200 e. The number of aromatic hydroxyl groups is 4. The summed E-state index contributed by atoms with van der Waals surface area (Å²) < 4.78 is 11.1. The third-order valence-corrected chi connectivity index (χ3v) is 12.8. The number of ether oxygens (including phenoxy) is 2. The summed E-state index contributed by atoms with van der Waals surface area (Å²) in [6.07, 6.45) is 7.74. The topological polar surface area (TPSA) is 197 Å². The summed E-state index contributed by atoms with van der Waals surface area (Å²) in [6.45, 7) is 0.951. The first kappa shape index (κ1) is 40.7. The summed E-state index contributed by atoms with van der Waals surface area (Å²) in [5.41, 5.74) is 4.01. The molecule has 3 heterocycles. The number of Topliss-reactive ketones (excluding diaryl/α,β-unsaturated/α-hetero) is 1. The predicted octanol–water partition coefficient (Wildman–Crippen LogP) is 6.92. The minimum Gasteiger partial charge on any atom is -0.508 e. The molecule has 1 saturated carbocycles. The molecule has 9 N–H and O–H groups in total. The lowest BCUT2D eigenvalue weighted by Crippen LogP contribution is -2.50. The number of dihydropyridines is 1. The Balaban J connectivity index is 1.19. The number of phenolic OH excluding ortho intramolecular Hbond substituents is 4. The van der Waals surface area contributed by atoms with Crippen molar-refractivity contribution in [1.82, 2.24) is 10.3 Å². The van der Waals surface area contributed by atoms with Crippen molar-refractivity contribution >= 4 is 22.2 Å². The number of hydrogen-bond donors (Lipinski definition) is 9. The molecule has 3 aliphatic rings. The van der Waals surface area contributed by atoms with E-state index in [2.05, 4.69) is 21.7 Å². The number of methoxy groups -OCH3 is 1. The number of allylic oxidation sites excluding steroid dienone is 2. The summed E-state index contributed by atoms with van der Waals surface area (Å²) >= 11 is 0. The molecule has 1 aliphatic carbocycles. The van der Waals surface area contributed by atoms with Gasteiger partial charge in [0.15, 0.2) is 23.0 Å². The van der Waals surface area contributed by atoms with Crippen LogP contribution in [0.2, 0.25) is 0 Å². The summed E-state index contributed by atoms with van der Waals surface area (Å²) in [6, 6.07) is 21.5. The van der Waals surface area contributed by atoms with Gasteiger partial charge in [0.1, 0.15) is 17.4 Å².